The SMILES string of the molecule is CCCOc1ccc(-c2cc(=O)c3cc(OC)ccc3[nH]2)cc1. The maximum atomic E-state index is 12.3. The Morgan fingerprint density at radius 2 is 1.74 bits per heavy atom. The topological polar surface area (TPSA) is 51.3 Å². The Hall–Kier alpha value is -2.75. The third-order valence-electron chi connectivity index (χ3n) is 3.68. The molecule has 1 N–H and O–H groups in total. The van der Waals surface area contributed by atoms with Crippen LogP contribution in [0.1, 0.15) is 13.3 Å². The maximum Gasteiger partial charge on any atom is 0.190 e. The summed E-state index contributed by atoms with van der Waals surface area (Å²) in [5.41, 5.74) is 2.50. The molecule has 1 heterocycles. The van der Waals surface area contributed by atoms with Gasteiger partial charge in [-0.2, -0.15) is 0 Å². The first-order chi connectivity index (χ1) is 11.2. The van der Waals surface area contributed by atoms with Gasteiger partial charge in [-0.3, -0.25) is 4.79 Å². The molecule has 0 bridgehead atoms. The lowest BCUT2D eigenvalue weighted by atomic mass is 10.1. The second kappa shape index (κ2) is 6.57. The lowest BCUT2D eigenvalue weighted by molar-refractivity contribution is 0.317. The molecule has 0 atom stereocenters. The van der Waals surface area contributed by atoms with Crippen LogP contribution in [0.3, 0.4) is 0 Å². The molecule has 0 unspecified atom stereocenters. The average Bonchev–Trinajstić information content (AvgIpc) is 2.60. The zero-order chi connectivity index (χ0) is 16.2. The molecule has 3 rings (SSSR count). The van der Waals surface area contributed by atoms with Gasteiger partial charge in [-0.1, -0.05) is 6.92 Å². The second-order valence-corrected chi connectivity index (χ2v) is 5.33. The van der Waals surface area contributed by atoms with Crippen molar-refractivity contribution in [2.75, 3.05) is 13.7 Å². The summed E-state index contributed by atoms with van der Waals surface area (Å²) in [4.78, 5) is 15.7. The van der Waals surface area contributed by atoms with Gasteiger partial charge in [0.1, 0.15) is 11.5 Å². The van der Waals surface area contributed by atoms with E-state index < -0.39 is 0 Å². The Morgan fingerprint density at radius 1 is 1.00 bits per heavy atom. The predicted octanol–water partition coefficient (Wildman–Crippen LogP) is 3.99. The molecule has 1 aromatic heterocycles. The number of methoxy groups -OCH3 is 1. The van der Waals surface area contributed by atoms with Gasteiger partial charge in [0.25, 0.3) is 0 Å². The summed E-state index contributed by atoms with van der Waals surface area (Å²) in [6.07, 6.45) is 0.975. The van der Waals surface area contributed by atoms with Crippen molar-refractivity contribution in [1.82, 2.24) is 4.98 Å². The van der Waals surface area contributed by atoms with Crippen LogP contribution in [0.2, 0.25) is 0 Å². The molecule has 0 aliphatic carbocycles. The van der Waals surface area contributed by atoms with Crippen LogP contribution in [0, 0.1) is 0 Å². The number of ether oxygens (including phenoxy) is 2. The molecular weight excluding hydrogens is 290 g/mol. The van der Waals surface area contributed by atoms with Crippen LogP contribution in [-0.4, -0.2) is 18.7 Å². The van der Waals surface area contributed by atoms with E-state index in [-0.39, 0.29) is 5.43 Å². The zero-order valence-corrected chi connectivity index (χ0v) is 13.3. The second-order valence-electron chi connectivity index (χ2n) is 5.33. The Morgan fingerprint density at radius 3 is 2.43 bits per heavy atom. The first-order valence-corrected chi connectivity index (χ1v) is 7.65. The zero-order valence-electron chi connectivity index (χ0n) is 13.3. The third-order valence-corrected chi connectivity index (χ3v) is 3.68. The summed E-state index contributed by atoms with van der Waals surface area (Å²) in [6.45, 7) is 2.77. The van der Waals surface area contributed by atoms with Crippen molar-refractivity contribution in [1.29, 1.82) is 0 Å². The molecule has 0 saturated carbocycles. The Balaban J connectivity index is 1.98. The average molecular weight is 309 g/mol. The van der Waals surface area contributed by atoms with E-state index in [0.29, 0.717) is 17.7 Å². The van der Waals surface area contributed by atoms with Crippen LogP contribution in [0.5, 0.6) is 11.5 Å². The summed E-state index contributed by atoms with van der Waals surface area (Å²) in [5.74, 6) is 1.51. The van der Waals surface area contributed by atoms with Gasteiger partial charge in [-0.15, -0.1) is 0 Å². The Kier molecular flexibility index (Phi) is 4.33. The number of aromatic nitrogens is 1. The van der Waals surface area contributed by atoms with Gasteiger partial charge in [0.15, 0.2) is 5.43 Å². The number of benzene rings is 2. The predicted molar refractivity (Wildman–Crippen MR) is 92.3 cm³/mol. The molecule has 0 fully saturated rings. The summed E-state index contributed by atoms with van der Waals surface area (Å²) in [7, 11) is 1.59. The summed E-state index contributed by atoms with van der Waals surface area (Å²) in [5, 5.41) is 0.621. The van der Waals surface area contributed by atoms with Gasteiger partial charge in [-0.05, 0) is 54.4 Å². The van der Waals surface area contributed by atoms with Gasteiger partial charge in [-0.25, -0.2) is 0 Å². The molecule has 4 nitrogen and oxygen atoms in total. The fourth-order valence-electron chi connectivity index (χ4n) is 2.46. The smallest absolute Gasteiger partial charge is 0.190 e. The largest absolute Gasteiger partial charge is 0.497 e. The lowest BCUT2D eigenvalue weighted by Gasteiger charge is -2.08. The first kappa shape index (κ1) is 15.2. The molecule has 0 radical (unpaired) electrons. The van der Waals surface area contributed by atoms with Gasteiger partial charge in [0.05, 0.1) is 13.7 Å². The van der Waals surface area contributed by atoms with Crippen molar-refractivity contribution >= 4 is 10.9 Å². The van der Waals surface area contributed by atoms with E-state index >= 15 is 0 Å². The van der Waals surface area contributed by atoms with Crippen LogP contribution in [0.25, 0.3) is 22.2 Å². The molecule has 0 amide bonds. The molecule has 23 heavy (non-hydrogen) atoms. The minimum Gasteiger partial charge on any atom is -0.497 e. The number of fused-ring (bicyclic) bond motifs is 1. The molecule has 4 heteroatoms. The van der Waals surface area contributed by atoms with Crippen molar-refractivity contribution < 1.29 is 9.47 Å². The first-order valence-electron chi connectivity index (χ1n) is 7.65. The van der Waals surface area contributed by atoms with Gasteiger partial charge in [0.2, 0.25) is 0 Å². The number of pyridine rings is 1. The number of hydrogen-bond donors (Lipinski definition) is 1. The highest BCUT2D eigenvalue weighted by Crippen LogP contribution is 2.23. The summed E-state index contributed by atoms with van der Waals surface area (Å²) in [6, 6.07) is 14.8. The summed E-state index contributed by atoms with van der Waals surface area (Å²) >= 11 is 0. The normalized spacial score (nSPS) is 10.7. The van der Waals surface area contributed by atoms with Crippen molar-refractivity contribution in [3.63, 3.8) is 0 Å². The minimum absolute atomic E-state index is 0.0287. The minimum atomic E-state index is -0.0287. The number of nitrogens with one attached hydrogen (secondary N) is 1. The van der Waals surface area contributed by atoms with Crippen molar-refractivity contribution in [2.24, 2.45) is 0 Å². The van der Waals surface area contributed by atoms with Crippen molar-refractivity contribution in [3.05, 3.63) is 58.8 Å². The highest BCUT2D eigenvalue weighted by atomic mass is 16.5. The lowest BCUT2D eigenvalue weighted by Crippen LogP contribution is -2.03. The molecule has 0 saturated heterocycles. The molecule has 0 spiro atoms. The highest BCUT2D eigenvalue weighted by molar-refractivity contribution is 5.82. The van der Waals surface area contributed by atoms with Gasteiger partial charge < -0.3 is 14.5 Å². The molecule has 3 aromatic rings. The maximum absolute atomic E-state index is 12.3. The molecule has 2 aromatic carbocycles. The summed E-state index contributed by atoms with van der Waals surface area (Å²) < 4.78 is 10.8. The Bertz CT molecular complexity index is 866. The Labute approximate surface area is 134 Å². The van der Waals surface area contributed by atoms with Crippen LogP contribution in [-0.2, 0) is 0 Å². The van der Waals surface area contributed by atoms with E-state index in [0.717, 1.165) is 28.9 Å². The monoisotopic (exact) mass is 309 g/mol. The van der Waals surface area contributed by atoms with E-state index in [1.54, 1.807) is 19.2 Å². The van der Waals surface area contributed by atoms with E-state index in [4.69, 9.17) is 9.47 Å². The van der Waals surface area contributed by atoms with Crippen LogP contribution < -0.4 is 14.9 Å². The number of rotatable bonds is 5. The van der Waals surface area contributed by atoms with E-state index in [2.05, 4.69) is 11.9 Å². The fourth-order valence-corrected chi connectivity index (χ4v) is 2.46. The molecule has 0 aliphatic rings. The van der Waals surface area contributed by atoms with Crippen LogP contribution >= 0.6 is 0 Å². The quantitative estimate of drug-likeness (QED) is 0.775. The molecular formula is C19H19NO3. The van der Waals surface area contributed by atoms with Crippen LogP contribution in [0.4, 0.5) is 0 Å². The van der Waals surface area contributed by atoms with E-state index in [1.807, 2.05) is 36.4 Å². The fraction of sp³-hybridized carbons (Fsp3) is 0.211. The van der Waals surface area contributed by atoms with Crippen molar-refractivity contribution in [2.45, 2.75) is 13.3 Å². The third kappa shape index (κ3) is 3.21. The van der Waals surface area contributed by atoms with Gasteiger partial charge >= 0.3 is 0 Å². The highest BCUT2D eigenvalue weighted by Gasteiger charge is 2.06. The van der Waals surface area contributed by atoms with Gasteiger partial charge in [0, 0.05) is 22.7 Å². The van der Waals surface area contributed by atoms with Crippen molar-refractivity contribution in [3.8, 4) is 22.8 Å². The number of hydrogen-bond acceptors (Lipinski definition) is 3. The molecule has 118 valence electrons. The molecule has 0 aliphatic heterocycles. The number of aromatic amines is 1. The van der Waals surface area contributed by atoms with E-state index in [9.17, 15) is 4.79 Å². The standard InChI is InChI=1S/C19H19NO3/c1-3-10-23-14-6-4-13(5-7-14)18-12-19(21)16-11-15(22-2)8-9-17(16)20-18/h4-9,11-12H,3,10H2,1-2H3,(H,20,21). The van der Waals surface area contributed by atoms with E-state index in [1.165, 1.54) is 0 Å². The number of H-pyrrole nitrogens is 1. The van der Waals surface area contributed by atoms with Crippen LogP contribution in [0.15, 0.2) is 53.3 Å².